The van der Waals surface area contributed by atoms with Gasteiger partial charge < -0.3 is 10.2 Å². The molecule has 3 heterocycles. The van der Waals surface area contributed by atoms with Gasteiger partial charge in [0.1, 0.15) is 6.04 Å². The molecule has 136 valence electrons. The van der Waals surface area contributed by atoms with E-state index in [4.69, 9.17) is 11.6 Å². The predicted molar refractivity (Wildman–Crippen MR) is 106 cm³/mol. The second-order valence-electron chi connectivity index (χ2n) is 6.51. The van der Waals surface area contributed by atoms with Crippen LogP contribution in [0.4, 0.5) is 0 Å². The molecule has 4 rings (SSSR count). The molecule has 0 saturated carbocycles. The number of amides is 2. The molecular weight excluding hydrogens is 388 g/mol. The molecule has 1 saturated heterocycles. The molecule has 0 spiro atoms. The van der Waals surface area contributed by atoms with E-state index in [1.807, 2.05) is 35.7 Å². The Balaban J connectivity index is 1.50. The standard InChI is InChI=1S/C19H19ClN2O2S2/c20-12-5-6-16-13(11-12)14(7-10-26-16)21-18(23)15-3-1-8-22(15)19(24)17-4-2-9-25-17/h2,4-6,9,11,14-15H,1,3,7-8,10H2,(H,21,23)/t14-,15-/m0/s1. The first-order chi connectivity index (χ1) is 12.6. The van der Waals surface area contributed by atoms with Crippen LogP contribution >= 0.6 is 34.7 Å². The molecule has 4 nitrogen and oxygen atoms in total. The van der Waals surface area contributed by atoms with Crippen molar-refractivity contribution >= 4 is 46.5 Å². The van der Waals surface area contributed by atoms with E-state index >= 15 is 0 Å². The number of nitrogens with zero attached hydrogens (tertiary/aromatic N) is 1. The Morgan fingerprint density at radius 1 is 1.23 bits per heavy atom. The molecule has 2 aromatic rings. The van der Waals surface area contributed by atoms with Gasteiger partial charge in [-0.15, -0.1) is 23.1 Å². The summed E-state index contributed by atoms with van der Waals surface area (Å²) >= 11 is 9.36. The van der Waals surface area contributed by atoms with Crippen LogP contribution in [0.1, 0.15) is 40.5 Å². The van der Waals surface area contributed by atoms with Crippen LogP contribution in [0, 0.1) is 0 Å². The zero-order chi connectivity index (χ0) is 18.1. The third kappa shape index (κ3) is 3.50. The molecule has 0 aliphatic carbocycles. The van der Waals surface area contributed by atoms with Gasteiger partial charge >= 0.3 is 0 Å². The van der Waals surface area contributed by atoms with Crippen molar-refractivity contribution < 1.29 is 9.59 Å². The summed E-state index contributed by atoms with van der Waals surface area (Å²) in [6.07, 6.45) is 2.44. The van der Waals surface area contributed by atoms with Gasteiger partial charge in [-0.05, 0) is 54.5 Å². The summed E-state index contributed by atoms with van der Waals surface area (Å²) in [6, 6.07) is 9.09. The van der Waals surface area contributed by atoms with Gasteiger partial charge in [-0.25, -0.2) is 0 Å². The average molecular weight is 407 g/mol. The van der Waals surface area contributed by atoms with Crippen LogP contribution in [0.15, 0.2) is 40.6 Å². The van der Waals surface area contributed by atoms with Crippen molar-refractivity contribution in [1.82, 2.24) is 10.2 Å². The Morgan fingerprint density at radius 3 is 2.92 bits per heavy atom. The zero-order valence-corrected chi connectivity index (χ0v) is 16.5. The molecule has 2 amide bonds. The lowest BCUT2D eigenvalue weighted by Crippen LogP contribution is -2.47. The minimum atomic E-state index is -0.387. The lowest BCUT2D eigenvalue weighted by atomic mass is 10.0. The fourth-order valence-electron chi connectivity index (χ4n) is 3.61. The first-order valence-electron chi connectivity index (χ1n) is 8.70. The molecule has 2 atom stereocenters. The number of carbonyl (C=O) groups excluding carboxylic acids is 2. The lowest BCUT2D eigenvalue weighted by molar-refractivity contribution is -0.125. The van der Waals surface area contributed by atoms with Crippen LogP contribution in [-0.4, -0.2) is 35.1 Å². The van der Waals surface area contributed by atoms with Gasteiger partial charge in [0.15, 0.2) is 0 Å². The minimum Gasteiger partial charge on any atom is -0.347 e. The minimum absolute atomic E-state index is 0.0414. The van der Waals surface area contributed by atoms with E-state index in [-0.39, 0.29) is 23.9 Å². The fraction of sp³-hybridized carbons (Fsp3) is 0.368. The summed E-state index contributed by atoms with van der Waals surface area (Å²) in [4.78, 5) is 29.2. The maximum atomic E-state index is 13.0. The predicted octanol–water partition coefficient (Wildman–Crippen LogP) is 4.36. The highest BCUT2D eigenvalue weighted by atomic mass is 35.5. The third-order valence-electron chi connectivity index (χ3n) is 4.88. The molecule has 0 bridgehead atoms. The number of carbonyl (C=O) groups is 2. The van der Waals surface area contributed by atoms with E-state index < -0.39 is 0 Å². The highest BCUT2D eigenvalue weighted by Crippen LogP contribution is 2.37. The van der Waals surface area contributed by atoms with Crippen LogP contribution < -0.4 is 5.32 Å². The van der Waals surface area contributed by atoms with Crippen molar-refractivity contribution in [3.63, 3.8) is 0 Å². The first kappa shape index (κ1) is 17.9. The van der Waals surface area contributed by atoms with Gasteiger partial charge in [0.2, 0.25) is 5.91 Å². The molecule has 1 N–H and O–H groups in total. The maximum absolute atomic E-state index is 13.0. The molecule has 0 unspecified atom stereocenters. The SMILES string of the molecule is O=C(N[C@H]1CCSc2ccc(Cl)cc21)[C@@H]1CCCN1C(=O)c1cccs1. The molecular formula is C19H19ClN2O2S2. The van der Waals surface area contributed by atoms with Gasteiger partial charge in [-0.2, -0.15) is 0 Å². The van der Waals surface area contributed by atoms with E-state index in [2.05, 4.69) is 5.32 Å². The summed E-state index contributed by atoms with van der Waals surface area (Å²) < 4.78 is 0. The first-order valence-corrected chi connectivity index (χ1v) is 10.9. The van der Waals surface area contributed by atoms with Crippen molar-refractivity contribution in [1.29, 1.82) is 0 Å². The van der Waals surface area contributed by atoms with Gasteiger partial charge in [-0.1, -0.05) is 17.7 Å². The summed E-state index contributed by atoms with van der Waals surface area (Å²) in [5.74, 6) is 0.859. The number of thiophene rings is 1. The van der Waals surface area contributed by atoms with E-state index in [9.17, 15) is 9.59 Å². The Labute approximate surface area is 165 Å². The monoisotopic (exact) mass is 406 g/mol. The molecule has 26 heavy (non-hydrogen) atoms. The maximum Gasteiger partial charge on any atom is 0.264 e. The summed E-state index contributed by atoms with van der Waals surface area (Å²) in [5, 5.41) is 5.74. The van der Waals surface area contributed by atoms with Gasteiger partial charge in [0.05, 0.1) is 10.9 Å². The van der Waals surface area contributed by atoms with Gasteiger partial charge in [0.25, 0.3) is 5.91 Å². The highest BCUT2D eigenvalue weighted by molar-refractivity contribution is 7.99. The molecule has 2 aliphatic rings. The molecule has 0 radical (unpaired) electrons. The van der Waals surface area contributed by atoms with E-state index in [0.717, 1.165) is 24.2 Å². The summed E-state index contributed by atoms with van der Waals surface area (Å²) in [5.41, 5.74) is 1.08. The quantitative estimate of drug-likeness (QED) is 0.823. The average Bonchev–Trinajstić information content (AvgIpc) is 3.33. The largest absolute Gasteiger partial charge is 0.347 e. The van der Waals surface area contributed by atoms with E-state index in [0.29, 0.717) is 22.9 Å². The van der Waals surface area contributed by atoms with Crippen molar-refractivity contribution in [2.75, 3.05) is 12.3 Å². The number of rotatable bonds is 3. The van der Waals surface area contributed by atoms with Crippen LogP contribution in [0.25, 0.3) is 0 Å². The van der Waals surface area contributed by atoms with Crippen LogP contribution in [-0.2, 0) is 4.79 Å². The lowest BCUT2D eigenvalue weighted by Gasteiger charge is -2.29. The fourth-order valence-corrected chi connectivity index (χ4v) is 5.57. The third-order valence-corrected chi connectivity index (χ3v) is 7.09. The molecule has 7 heteroatoms. The topological polar surface area (TPSA) is 49.4 Å². The van der Waals surface area contributed by atoms with Crippen molar-refractivity contribution in [2.24, 2.45) is 0 Å². The molecule has 1 aromatic carbocycles. The summed E-state index contributed by atoms with van der Waals surface area (Å²) in [6.45, 7) is 0.637. The van der Waals surface area contributed by atoms with Crippen molar-refractivity contribution in [3.8, 4) is 0 Å². The second kappa shape index (κ2) is 7.62. The number of thioether (sulfide) groups is 1. The Bertz CT molecular complexity index is 825. The molecule has 1 aromatic heterocycles. The van der Waals surface area contributed by atoms with E-state index in [1.54, 1.807) is 16.7 Å². The number of fused-ring (bicyclic) bond motifs is 1. The molecule has 1 fully saturated rings. The van der Waals surface area contributed by atoms with Gasteiger partial charge in [-0.3, -0.25) is 9.59 Å². The second-order valence-corrected chi connectivity index (χ2v) is 9.04. The zero-order valence-electron chi connectivity index (χ0n) is 14.1. The number of benzene rings is 1. The van der Waals surface area contributed by atoms with Crippen LogP contribution in [0.5, 0.6) is 0 Å². The van der Waals surface area contributed by atoms with Crippen molar-refractivity contribution in [3.05, 3.63) is 51.2 Å². The van der Waals surface area contributed by atoms with Gasteiger partial charge in [0, 0.05) is 22.2 Å². The van der Waals surface area contributed by atoms with E-state index in [1.165, 1.54) is 16.2 Å². The van der Waals surface area contributed by atoms with Crippen LogP contribution in [0.2, 0.25) is 5.02 Å². The Kier molecular flexibility index (Phi) is 5.25. The van der Waals surface area contributed by atoms with Crippen LogP contribution in [0.3, 0.4) is 0 Å². The smallest absolute Gasteiger partial charge is 0.264 e. The molecule has 2 aliphatic heterocycles. The summed E-state index contributed by atoms with van der Waals surface area (Å²) in [7, 11) is 0. The normalized spacial score (nSPS) is 22.1. The number of likely N-dealkylation sites (tertiary alicyclic amines) is 1. The number of nitrogens with one attached hydrogen (secondary N) is 1. The number of hydrogen-bond acceptors (Lipinski definition) is 4. The Hall–Kier alpha value is -1.50. The number of hydrogen-bond donors (Lipinski definition) is 1. The Morgan fingerprint density at radius 2 is 2.12 bits per heavy atom. The highest BCUT2D eigenvalue weighted by Gasteiger charge is 2.36. The van der Waals surface area contributed by atoms with Crippen molar-refractivity contribution in [2.45, 2.75) is 36.2 Å². The number of halogens is 1.